The quantitative estimate of drug-likeness (QED) is 0.699. The first-order valence-electron chi connectivity index (χ1n) is 3.65. The first kappa shape index (κ1) is 10.9. The van der Waals surface area contributed by atoms with Gasteiger partial charge in [0.1, 0.15) is 12.5 Å². The van der Waals surface area contributed by atoms with Crippen molar-refractivity contribution in [1.29, 1.82) is 0 Å². The Morgan fingerprint density at radius 1 is 1.15 bits per heavy atom. The van der Waals surface area contributed by atoms with Gasteiger partial charge in [-0.15, -0.1) is 0 Å². The third kappa shape index (κ3) is 2.64. The molecule has 2 atom stereocenters. The average Bonchev–Trinajstić information content (AvgIpc) is 2.03. The predicted molar refractivity (Wildman–Crippen MR) is 55.6 cm³/mol. The smallest absolute Gasteiger partial charge is 0.155 e. The maximum Gasteiger partial charge on any atom is 0.155 e. The average molecular weight is 215 g/mol. The fourth-order valence-corrected chi connectivity index (χ4v) is 2.27. The highest BCUT2D eigenvalue weighted by molar-refractivity contribution is 7.91. The predicted octanol–water partition coefficient (Wildman–Crippen LogP) is 1.34. The van der Waals surface area contributed by atoms with Crippen molar-refractivity contribution >= 4 is 22.4 Å². The van der Waals surface area contributed by atoms with Gasteiger partial charge in [0, 0.05) is 11.6 Å². The van der Waals surface area contributed by atoms with Gasteiger partial charge in [-0.2, -0.15) is 0 Å². The Kier molecular flexibility index (Phi) is 3.67. The highest BCUT2D eigenvalue weighted by atomic mass is 32.2. The lowest BCUT2D eigenvalue weighted by Crippen LogP contribution is -2.03. The molecule has 2 unspecified atom stereocenters. The zero-order valence-electron chi connectivity index (χ0n) is 7.57. The second-order valence-corrected chi connectivity index (χ2v) is 5.41. The minimum Gasteiger partial charge on any atom is -0.612 e. The molecule has 0 aliphatic heterocycles. The van der Waals surface area contributed by atoms with Crippen LogP contribution >= 0.6 is 0 Å². The van der Waals surface area contributed by atoms with E-state index in [0.29, 0.717) is 10.5 Å². The van der Waals surface area contributed by atoms with E-state index in [0.717, 1.165) is 4.90 Å². The van der Waals surface area contributed by atoms with Crippen molar-refractivity contribution in [3.05, 3.63) is 30.7 Å². The van der Waals surface area contributed by atoms with Crippen molar-refractivity contribution in [3.63, 3.8) is 0 Å². The van der Waals surface area contributed by atoms with Gasteiger partial charge in [0.2, 0.25) is 0 Å². The molecule has 0 heterocycles. The Hall–Kier alpha value is -0.160. The summed E-state index contributed by atoms with van der Waals surface area (Å²) in [4.78, 5) is 1.42. The van der Waals surface area contributed by atoms with Crippen molar-refractivity contribution in [3.8, 4) is 0 Å². The fourth-order valence-electron chi connectivity index (χ4n) is 1.02. The number of hydrogen-bond acceptors (Lipinski definition) is 2. The van der Waals surface area contributed by atoms with Crippen LogP contribution in [-0.4, -0.2) is 21.6 Å². The first-order valence-corrected chi connectivity index (χ1v) is 6.77. The van der Waals surface area contributed by atoms with Crippen molar-refractivity contribution in [2.45, 2.75) is 9.79 Å². The molecule has 1 radical (unpaired) electrons. The molecule has 0 N–H and O–H groups in total. The van der Waals surface area contributed by atoms with Crippen LogP contribution in [0, 0.1) is 6.92 Å². The van der Waals surface area contributed by atoms with Crippen molar-refractivity contribution in [2.75, 3.05) is 12.5 Å². The van der Waals surface area contributed by atoms with Gasteiger partial charge in [0.15, 0.2) is 9.79 Å². The topological polar surface area (TPSA) is 46.1 Å². The van der Waals surface area contributed by atoms with Gasteiger partial charge in [-0.05, 0) is 41.4 Å². The largest absolute Gasteiger partial charge is 0.612 e. The summed E-state index contributed by atoms with van der Waals surface area (Å²) in [6.45, 7) is 3.76. The Labute approximate surface area is 84.7 Å². The molecule has 0 bridgehead atoms. The second-order valence-electron chi connectivity index (χ2n) is 2.68. The van der Waals surface area contributed by atoms with E-state index in [1.165, 1.54) is 0 Å². The molecular weight excluding hydrogens is 204 g/mol. The Bertz CT molecular complexity index is 298. The molecule has 0 aliphatic carbocycles. The molecule has 0 amide bonds. The summed E-state index contributed by atoms with van der Waals surface area (Å²) in [5.74, 6) is 0. The molecule has 1 rings (SSSR count). The molecule has 0 fully saturated rings. The van der Waals surface area contributed by atoms with Crippen LogP contribution in [-0.2, 0) is 22.4 Å². The van der Waals surface area contributed by atoms with E-state index in [4.69, 9.17) is 0 Å². The van der Waals surface area contributed by atoms with Crippen LogP contribution < -0.4 is 0 Å². The minimum absolute atomic E-state index is 0.688. The molecular formula is C9H11O2S2. The van der Waals surface area contributed by atoms with Crippen LogP contribution in [0.3, 0.4) is 0 Å². The van der Waals surface area contributed by atoms with Crippen LogP contribution in [0.4, 0.5) is 0 Å². The fraction of sp³-hybridized carbons (Fsp3) is 0.222. The summed E-state index contributed by atoms with van der Waals surface area (Å²) >= 11 is -2.02. The van der Waals surface area contributed by atoms with E-state index in [1.54, 1.807) is 30.7 Å². The second kappa shape index (κ2) is 4.37. The summed E-state index contributed by atoms with van der Waals surface area (Å²) < 4.78 is 22.2. The normalized spacial score (nSPS) is 15.5. The van der Waals surface area contributed by atoms with Crippen LogP contribution in [0.15, 0.2) is 28.0 Å². The summed E-state index contributed by atoms with van der Waals surface area (Å²) in [7, 11) is 0. The summed E-state index contributed by atoms with van der Waals surface area (Å²) in [6.07, 6.45) is 3.21. The van der Waals surface area contributed by atoms with Crippen LogP contribution in [0.5, 0.6) is 0 Å². The molecule has 0 aromatic heterocycles. The molecule has 0 saturated carbocycles. The number of benzene rings is 1. The van der Waals surface area contributed by atoms with Gasteiger partial charge >= 0.3 is 0 Å². The molecule has 4 heteroatoms. The van der Waals surface area contributed by atoms with E-state index >= 15 is 0 Å². The number of hydrogen-bond donors (Lipinski definition) is 0. The third-order valence-corrected chi connectivity index (χ3v) is 3.61. The van der Waals surface area contributed by atoms with E-state index < -0.39 is 22.4 Å². The van der Waals surface area contributed by atoms with Gasteiger partial charge in [0.05, 0.1) is 0 Å². The SMILES string of the molecule is [CH2]c1cc([S+](C)[O-])ccc1[S+](C)[O-]. The molecule has 2 nitrogen and oxygen atoms in total. The highest BCUT2D eigenvalue weighted by Crippen LogP contribution is 2.19. The molecule has 71 valence electrons. The van der Waals surface area contributed by atoms with Gasteiger partial charge in [-0.25, -0.2) is 0 Å². The van der Waals surface area contributed by atoms with Gasteiger partial charge < -0.3 is 9.11 Å². The molecule has 0 aliphatic rings. The zero-order chi connectivity index (χ0) is 10.0. The van der Waals surface area contributed by atoms with E-state index in [1.807, 2.05) is 0 Å². The zero-order valence-corrected chi connectivity index (χ0v) is 9.21. The Balaban J connectivity index is 3.06. The van der Waals surface area contributed by atoms with Crippen molar-refractivity contribution in [1.82, 2.24) is 0 Å². The van der Waals surface area contributed by atoms with Crippen LogP contribution in [0.25, 0.3) is 0 Å². The lowest BCUT2D eigenvalue weighted by atomic mass is 10.2. The van der Waals surface area contributed by atoms with Gasteiger partial charge in [0.25, 0.3) is 0 Å². The standard InChI is InChI=1S/C9H11O2S2/c1-7-6-8(12(2)10)4-5-9(7)13(3)11/h4-6H,1H2,2-3H3. The summed E-state index contributed by atoms with van der Waals surface area (Å²) in [6, 6.07) is 5.16. The van der Waals surface area contributed by atoms with Crippen molar-refractivity contribution in [2.24, 2.45) is 0 Å². The molecule has 13 heavy (non-hydrogen) atoms. The Morgan fingerprint density at radius 3 is 2.15 bits per heavy atom. The monoisotopic (exact) mass is 215 g/mol. The molecule has 0 saturated heterocycles. The molecule has 0 spiro atoms. The van der Waals surface area contributed by atoms with E-state index in [-0.39, 0.29) is 0 Å². The molecule has 1 aromatic rings. The van der Waals surface area contributed by atoms with Crippen LogP contribution in [0.1, 0.15) is 5.56 Å². The minimum atomic E-state index is -1.02. The van der Waals surface area contributed by atoms with Crippen molar-refractivity contribution < 1.29 is 9.11 Å². The lowest BCUT2D eigenvalue weighted by Gasteiger charge is -2.09. The number of rotatable bonds is 2. The first-order chi connectivity index (χ1) is 6.02. The van der Waals surface area contributed by atoms with E-state index in [2.05, 4.69) is 6.92 Å². The Morgan fingerprint density at radius 2 is 1.77 bits per heavy atom. The van der Waals surface area contributed by atoms with Gasteiger partial charge in [-0.1, -0.05) is 0 Å². The molecule has 1 aromatic carbocycles. The van der Waals surface area contributed by atoms with Crippen LogP contribution in [0.2, 0.25) is 0 Å². The lowest BCUT2D eigenvalue weighted by molar-refractivity contribution is 0.597. The maximum atomic E-state index is 11.1. The maximum absolute atomic E-state index is 11.1. The summed E-state index contributed by atoms with van der Waals surface area (Å²) in [5, 5.41) is 0. The third-order valence-electron chi connectivity index (χ3n) is 1.67. The van der Waals surface area contributed by atoms with E-state index in [9.17, 15) is 9.11 Å². The van der Waals surface area contributed by atoms with Gasteiger partial charge in [-0.3, -0.25) is 0 Å². The highest BCUT2D eigenvalue weighted by Gasteiger charge is 2.12. The summed E-state index contributed by atoms with van der Waals surface area (Å²) in [5.41, 5.74) is 0.688.